The van der Waals surface area contributed by atoms with Crippen LogP contribution < -0.4 is 20.7 Å². The number of rotatable bonds is 3. The highest BCUT2D eigenvalue weighted by atomic mass is 16.7. The third-order valence-corrected chi connectivity index (χ3v) is 4.72. The van der Waals surface area contributed by atoms with Crippen LogP contribution >= 0.6 is 0 Å². The van der Waals surface area contributed by atoms with Gasteiger partial charge in [0, 0.05) is 27.7 Å². The monoisotopic (exact) mass is 382 g/mol. The quantitative estimate of drug-likeness (QED) is 0.659. The molecular weight excluding hydrogens is 364 g/mol. The fraction of sp³-hybridized carbons (Fsp3) is 0.263. The van der Waals surface area contributed by atoms with E-state index in [0.717, 1.165) is 10.1 Å². The molecule has 1 aromatic carbocycles. The van der Waals surface area contributed by atoms with E-state index in [1.165, 1.54) is 35.7 Å². The minimum atomic E-state index is -0.497. The number of fused-ring (bicyclic) bond motifs is 2. The second kappa shape index (κ2) is 6.52. The number of hydrogen-bond acceptors (Lipinski definition) is 6. The molecule has 1 aliphatic rings. The SMILES string of the molecule is CN(Cc1ccc2c(c1)OCO2)C(=O)c1ccc2c(=O)n(C)c(=O)n(C)c2n1. The van der Waals surface area contributed by atoms with E-state index >= 15 is 0 Å². The zero-order valence-electron chi connectivity index (χ0n) is 15.6. The van der Waals surface area contributed by atoms with Crippen molar-refractivity contribution in [1.29, 1.82) is 0 Å². The maximum Gasteiger partial charge on any atom is 0.332 e. The first-order valence-electron chi connectivity index (χ1n) is 8.57. The smallest absolute Gasteiger partial charge is 0.332 e. The van der Waals surface area contributed by atoms with Gasteiger partial charge in [-0.05, 0) is 29.8 Å². The third kappa shape index (κ3) is 2.81. The molecule has 1 amide bonds. The van der Waals surface area contributed by atoms with E-state index in [0.29, 0.717) is 18.0 Å². The molecule has 144 valence electrons. The summed E-state index contributed by atoms with van der Waals surface area (Å²) >= 11 is 0. The number of carbonyl (C=O) groups excluding carboxylic acids is 1. The van der Waals surface area contributed by atoms with Gasteiger partial charge in [0.1, 0.15) is 11.3 Å². The summed E-state index contributed by atoms with van der Waals surface area (Å²) in [7, 11) is 4.58. The molecule has 28 heavy (non-hydrogen) atoms. The summed E-state index contributed by atoms with van der Waals surface area (Å²) < 4.78 is 12.9. The summed E-state index contributed by atoms with van der Waals surface area (Å²) in [5.74, 6) is 0.997. The van der Waals surface area contributed by atoms with Crippen molar-refractivity contribution in [1.82, 2.24) is 19.0 Å². The van der Waals surface area contributed by atoms with Crippen LogP contribution in [0.2, 0.25) is 0 Å². The van der Waals surface area contributed by atoms with Gasteiger partial charge in [0.25, 0.3) is 11.5 Å². The lowest BCUT2D eigenvalue weighted by Crippen LogP contribution is -2.37. The molecular formula is C19H18N4O5. The fourth-order valence-corrected chi connectivity index (χ4v) is 3.15. The first-order chi connectivity index (χ1) is 13.4. The van der Waals surface area contributed by atoms with E-state index in [4.69, 9.17) is 9.47 Å². The van der Waals surface area contributed by atoms with Gasteiger partial charge >= 0.3 is 5.69 Å². The van der Waals surface area contributed by atoms with Gasteiger partial charge < -0.3 is 14.4 Å². The van der Waals surface area contributed by atoms with Crippen molar-refractivity contribution in [2.75, 3.05) is 13.8 Å². The number of pyridine rings is 1. The number of hydrogen-bond donors (Lipinski definition) is 0. The van der Waals surface area contributed by atoms with Crippen molar-refractivity contribution in [3.05, 3.63) is 62.4 Å². The summed E-state index contributed by atoms with van der Waals surface area (Å²) in [4.78, 5) is 43.0. The molecule has 1 aliphatic heterocycles. The highest BCUT2D eigenvalue weighted by Gasteiger charge is 2.19. The largest absolute Gasteiger partial charge is 0.454 e. The highest BCUT2D eigenvalue weighted by molar-refractivity contribution is 5.94. The molecule has 0 radical (unpaired) electrons. The lowest BCUT2D eigenvalue weighted by atomic mass is 10.2. The number of ether oxygens (including phenoxy) is 2. The van der Waals surface area contributed by atoms with E-state index in [1.807, 2.05) is 12.1 Å². The number of nitrogens with zero attached hydrogens (tertiary/aromatic N) is 4. The Balaban J connectivity index is 1.65. The van der Waals surface area contributed by atoms with E-state index in [-0.39, 0.29) is 29.4 Å². The van der Waals surface area contributed by atoms with Crippen LogP contribution in [0.15, 0.2) is 39.9 Å². The molecule has 9 heteroatoms. The number of benzene rings is 1. The number of carbonyl (C=O) groups is 1. The Kier molecular flexibility index (Phi) is 4.14. The molecule has 0 N–H and O–H groups in total. The Morgan fingerprint density at radius 3 is 2.64 bits per heavy atom. The minimum absolute atomic E-state index is 0.152. The molecule has 4 rings (SSSR count). The Labute approximate surface area is 159 Å². The predicted octanol–water partition coefficient (Wildman–Crippen LogP) is 0.633. The highest BCUT2D eigenvalue weighted by Crippen LogP contribution is 2.32. The van der Waals surface area contributed by atoms with Gasteiger partial charge in [0.05, 0.1) is 5.39 Å². The summed E-state index contributed by atoms with van der Waals surface area (Å²) in [6.45, 7) is 0.525. The van der Waals surface area contributed by atoms with Gasteiger partial charge in [-0.1, -0.05) is 6.07 Å². The van der Waals surface area contributed by atoms with Crippen LogP contribution in [-0.4, -0.2) is 38.8 Å². The van der Waals surface area contributed by atoms with E-state index < -0.39 is 11.2 Å². The lowest BCUT2D eigenvalue weighted by Gasteiger charge is -2.17. The predicted molar refractivity (Wildman–Crippen MR) is 101 cm³/mol. The van der Waals surface area contributed by atoms with E-state index in [2.05, 4.69) is 4.98 Å². The first-order valence-corrected chi connectivity index (χ1v) is 8.57. The fourth-order valence-electron chi connectivity index (χ4n) is 3.15. The first kappa shape index (κ1) is 17.8. The maximum absolute atomic E-state index is 12.8. The number of amides is 1. The van der Waals surface area contributed by atoms with Gasteiger partial charge in [-0.3, -0.25) is 18.7 Å². The number of aryl methyl sites for hydroxylation is 1. The van der Waals surface area contributed by atoms with Crippen molar-refractivity contribution in [2.45, 2.75) is 6.54 Å². The molecule has 0 spiro atoms. The second-order valence-electron chi connectivity index (χ2n) is 6.62. The minimum Gasteiger partial charge on any atom is -0.454 e. The summed E-state index contributed by atoms with van der Waals surface area (Å²) in [5.41, 5.74) is 0.262. The van der Waals surface area contributed by atoms with Crippen molar-refractivity contribution in [2.24, 2.45) is 14.1 Å². The zero-order chi connectivity index (χ0) is 20.0. The molecule has 0 aliphatic carbocycles. The van der Waals surface area contributed by atoms with Crippen LogP contribution in [0.4, 0.5) is 0 Å². The number of aromatic nitrogens is 3. The van der Waals surface area contributed by atoms with Crippen LogP contribution in [-0.2, 0) is 20.6 Å². The summed E-state index contributed by atoms with van der Waals surface area (Å²) in [6, 6.07) is 8.50. The zero-order valence-corrected chi connectivity index (χ0v) is 15.6. The van der Waals surface area contributed by atoms with Crippen molar-refractivity contribution < 1.29 is 14.3 Å². The standard InChI is InChI=1S/C19H18N4O5/c1-21(9-11-4-7-14-15(8-11)28-10-27-14)18(25)13-6-5-12-16(20-13)22(2)19(26)23(3)17(12)24/h4-8H,9-10H2,1-3H3. The molecule has 3 aromatic rings. The molecule has 2 aromatic heterocycles. The van der Waals surface area contributed by atoms with Gasteiger partial charge in [-0.2, -0.15) is 0 Å². The van der Waals surface area contributed by atoms with Crippen LogP contribution in [0, 0.1) is 0 Å². The van der Waals surface area contributed by atoms with Crippen molar-refractivity contribution in [3.8, 4) is 11.5 Å². The second-order valence-corrected chi connectivity index (χ2v) is 6.62. The molecule has 0 saturated carbocycles. The van der Waals surface area contributed by atoms with Crippen LogP contribution in [0.1, 0.15) is 16.1 Å². The average Bonchev–Trinajstić information content (AvgIpc) is 3.17. The normalized spacial score (nSPS) is 12.4. The Morgan fingerprint density at radius 2 is 1.86 bits per heavy atom. The van der Waals surface area contributed by atoms with Crippen LogP contribution in [0.5, 0.6) is 11.5 Å². The van der Waals surface area contributed by atoms with E-state index in [1.54, 1.807) is 13.1 Å². The van der Waals surface area contributed by atoms with E-state index in [9.17, 15) is 14.4 Å². The topological polar surface area (TPSA) is 95.7 Å². The lowest BCUT2D eigenvalue weighted by molar-refractivity contribution is 0.0779. The Bertz CT molecular complexity index is 1230. The molecule has 9 nitrogen and oxygen atoms in total. The third-order valence-electron chi connectivity index (χ3n) is 4.72. The van der Waals surface area contributed by atoms with Crippen LogP contribution in [0.25, 0.3) is 11.0 Å². The van der Waals surface area contributed by atoms with Crippen molar-refractivity contribution in [3.63, 3.8) is 0 Å². The molecule has 0 unspecified atom stereocenters. The van der Waals surface area contributed by atoms with Crippen molar-refractivity contribution >= 4 is 16.9 Å². The van der Waals surface area contributed by atoms with Gasteiger partial charge in [0.2, 0.25) is 6.79 Å². The average molecular weight is 382 g/mol. The summed E-state index contributed by atoms with van der Waals surface area (Å²) in [6.07, 6.45) is 0. The molecule has 0 atom stereocenters. The Morgan fingerprint density at radius 1 is 1.11 bits per heavy atom. The van der Waals surface area contributed by atoms with Gasteiger partial charge in [-0.15, -0.1) is 0 Å². The van der Waals surface area contributed by atoms with Gasteiger partial charge in [0.15, 0.2) is 11.5 Å². The molecule has 0 fully saturated rings. The molecule has 0 bridgehead atoms. The van der Waals surface area contributed by atoms with Gasteiger partial charge in [-0.25, -0.2) is 9.78 Å². The van der Waals surface area contributed by atoms with Crippen LogP contribution in [0.3, 0.4) is 0 Å². The summed E-state index contributed by atoms with van der Waals surface area (Å²) in [5, 5.41) is 0.277. The molecule has 3 heterocycles. The Hall–Kier alpha value is -3.62. The molecule has 0 saturated heterocycles. The maximum atomic E-state index is 12.8.